The first kappa shape index (κ1) is 15.1. The van der Waals surface area contributed by atoms with Crippen molar-refractivity contribution in [3.63, 3.8) is 0 Å². The molecule has 0 amide bonds. The third kappa shape index (κ3) is 2.74. The fourth-order valence-electron chi connectivity index (χ4n) is 3.24. The molecule has 0 radical (unpaired) electrons. The van der Waals surface area contributed by atoms with E-state index in [1.807, 2.05) is 24.3 Å². The highest BCUT2D eigenvalue weighted by Gasteiger charge is 2.18. The third-order valence-corrected chi connectivity index (χ3v) is 4.68. The van der Waals surface area contributed by atoms with E-state index in [9.17, 15) is 4.39 Å². The van der Waals surface area contributed by atoms with Crippen LogP contribution in [0.3, 0.4) is 0 Å². The first-order valence-electron chi connectivity index (χ1n) is 8.30. The SMILES string of the molecule is CN1CCN(c2cc3ccccc3c(-c3ccccc3F)n2)CC1. The van der Waals surface area contributed by atoms with E-state index in [0.717, 1.165) is 48.5 Å². The van der Waals surface area contributed by atoms with Gasteiger partial charge in [0.15, 0.2) is 0 Å². The van der Waals surface area contributed by atoms with E-state index in [0.29, 0.717) is 5.56 Å². The van der Waals surface area contributed by atoms with Crippen molar-refractivity contribution in [2.75, 3.05) is 38.1 Å². The minimum Gasteiger partial charge on any atom is -0.354 e. The van der Waals surface area contributed by atoms with Crippen molar-refractivity contribution in [1.29, 1.82) is 0 Å². The Morgan fingerprint density at radius 2 is 1.62 bits per heavy atom. The minimum atomic E-state index is -0.231. The number of anilines is 1. The summed E-state index contributed by atoms with van der Waals surface area (Å²) in [5.74, 6) is 0.700. The molecule has 1 aliphatic heterocycles. The molecule has 1 saturated heterocycles. The molecule has 3 aromatic rings. The van der Waals surface area contributed by atoms with Crippen LogP contribution in [0.15, 0.2) is 54.6 Å². The molecule has 2 aromatic carbocycles. The average molecular weight is 321 g/mol. The predicted octanol–water partition coefficient (Wildman–Crippen LogP) is 3.79. The standard InChI is InChI=1S/C20H20FN3/c1-23-10-12-24(13-11-23)19-14-15-6-2-3-7-16(15)20(22-19)17-8-4-5-9-18(17)21/h2-9,14H,10-13H2,1H3. The fraction of sp³-hybridized carbons (Fsp3) is 0.250. The van der Waals surface area contributed by atoms with E-state index < -0.39 is 0 Å². The zero-order valence-electron chi connectivity index (χ0n) is 13.7. The van der Waals surface area contributed by atoms with Gasteiger partial charge in [-0.1, -0.05) is 36.4 Å². The average Bonchev–Trinajstić information content (AvgIpc) is 2.62. The van der Waals surface area contributed by atoms with Gasteiger partial charge in [-0.05, 0) is 30.6 Å². The summed E-state index contributed by atoms with van der Waals surface area (Å²) < 4.78 is 14.4. The van der Waals surface area contributed by atoms with Gasteiger partial charge in [-0.25, -0.2) is 9.37 Å². The van der Waals surface area contributed by atoms with E-state index in [1.165, 1.54) is 6.07 Å². The van der Waals surface area contributed by atoms with Gasteiger partial charge in [0, 0.05) is 37.1 Å². The van der Waals surface area contributed by atoms with E-state index in [-0.39, 0.29) is 5.82 Å². The monoisotopic (exact) mass is 321 g/mol. The van der Waals surface area contributed by atoms with Crippen molar-refractivity contribution in [1.82, 2.24) is 9.88 Å². The summed E-state index contributed by atoms with van der Waals surface area (Å²) in [4.78, 5) is 9.45. The van der Waals surface area contributed by atoms with E-state index in [1.54, 1.807) is 12.1 Å². The molecule has 1 fully saturated rings. The summed E-state index contributed by atoms with van der Waals surface area (Å²) in [7, 11) is 2.13. The molecule has 0 spiro atoms. The predicted molar refractivity (Wildman–Crippen MR) is 96.8 cm³/mol. The maximum absolute atomic E-state index is 14.4. The molecule has 1 aromatic heterocycles. The molecular weight excluding hydrogens is 301 g/mol. The molecule has 0 N–H and O–H groups in total. The Hall–Kier alpha value is -2.46. The lowest BCUT2D eigenvalue weighted by atomic mass is 10.0. The number of rotatable bonds is 2. The summed E-state index contributed by atoms with van der Waals surface area (Å²) in [6.45, 7) is 3.92. The maximum Gasteiger partial charge on any atom is 0.132 e. The van der Waals surface area contributed by atoms with Crippen LogP contribution in [-0.2, 0) is 0 Å². The number of fused-ring (bicyclic) bond motifs is 1. The lowest BCUT2D eigenvalue weighted by Gasteiger charge is -2.33. The summed E-state index contributed by atoms with van der Waals surface area (Å²) in [5.41, 5.74) is 1.28. The molecule has 2 heterocycles. The van der Waals surface area contributed by atoms with Crippen molar-refractivity contribution >= 4 is 16.6 Å². The first-order valence-corrected chi connectivity index (χ1v) is 8.30. The van der Waals surface area contributed by atoms with Crippen molar-refractivity contribution in [3.05, 3.63) is 60.4 Å². The maximum atomic E-state index is 14.4. The van der Waals surface area contributed by atoms with Crippen molar-refractivity contribution in [2.45, 2.75) is 0 Å². The van der Waals surface area contributed by atoms with Crippen molar-refractivity contribution in [2.24, 2.45) is 0 Å². The second-order valence-electron chi connectivity index (χ2n) is 6.32. The number of hydrogen-bond donors (Lipinski definition) is 0. The van der Waals surface area contributed by atoms with Crippen molar-refractivity contribution in [3.8, 4) is 11.3 Å². The smallest absolute Gasteiger partial charge is 0.132 e. The summed E-state index contributed by atoms with van der Waals surface area (Å²) >= 11 is 0. The quantitative estimate of drug-likeness (QED) is 0.716. The Balaban J connectivity index is 1.87. The van der Waals surface area contributed by atoms with Gasteiger partial charge in [0.05, 0.1) is 5.69 Å². The van der Waals surface area contributed by atoms with Crippen LogP contribution < -0.4 is 4.90 Å². The molecule has 4 rings (SSSR count). The summed E-state index contributed by atoms with van der Waals surface area (Å²) in [6.07, 6.45) is 0. The molecule has 24 heavy (non-hydrogen) atoms. The summed E-state index contributed by atoms with van der Waals surface area (Å²) in [5, 5.41) is 2.08. The number of hydrogen-bond acceptors (Lipinski definition) is 3. The number of nitrogens with zero attached hydrogens (tertiary/aromatic N) is 3. The second kappa shape index (κ2) is 6.21. The Labute approximate surface area is 141 Å². The van der Waals surface area contributed by atoms with Crippen LogP contribution in [-0.4, -0.2) is 43.1 Å². The van der Waals surface area contributed by atoms with Crippen LogP contribution in [0.25, 0.3) is 22.0 Å². The Kier molecular flexibility index (Phi) is 3.90. The molecule has 3 nitrogen and oxygen atoms in total. The highest BCUT2D eigenvalue weighted by atomic mass is 19.1. The van der Waals surface area contributed by atoms with E-state index in [4.69, 9.17) is 4.98 Å². The van der Waals surface area contributed by atoms with Crippen LogP contribution in [0.2, 0.25) is 0 Å². The van der Waals surface area contributed by atoms with Gasteiger partial charge < -0.3 is 9.80 Å². The Bertz CT molecular complexity index is 870. The fourth-order valence-corrected chi connectivity index (χ4v) is 3.24. The Morgan fingerprint density at radius 1 is 0.917 bits per heavy atom. The van der Waals surface area contributed by atoms with Gasteiger partial charge in [-0.2, -0.15) is 0 Å². The zero-order valence-corrected chi connectivity index (χ0v) is 13.7. The largest absolute Gasteiger partial charge is 0.354 e. The highest BCUT2D eigenvalue weighted by Crippen LogP contribution is 2.32. The lowest BCUT2D eigenvalue weighted by Crippen LogP contribution is -2.44. The number of pyridine rings is 1. The molecule has 122 valence electrons. The number of likely N-dealkylation sites (N-methyl/N-ethyl adjacent to an activating group) is 1. The molecular formula is C20H20FN3. The van der Waals surface area contributed by atoms with Crippen LogP contribution in [0.1, 0.15) is 0 Å². The minimum absolute atomic E-state index is 0.231. The number of halogens is 1. The van der Waals surface area contributed by atoms with Gasteiger partial charge in [0.1, 0.15) is 11.6 Å². The molecule has 0 saturated carbocycles. The van der Waals surface area contributed by atoms with Crippen LogP contribution in [0.4, 0.5) is 10.2 Å². The molecule has 1 aliphatic rings. The molecule has 0 bridgehead atoms. The molecule has 0 unspecified atom stereocenters. The van der Waals surface area contributed by atoms with Gasteiger partial charge >= 0.3 is 0 Å². The number of piperazine rings is 1. The van der Waals surface area contributed by atoms with Crippen LogP contribution in [0.5, 0.6) is 0 Å². The highest BCUT2D eigenvalue weighted by molar-refractivity contribution is 5.96. The third-order valence-electron chi connectivity index (χ3n) is 4.68. The number of benzene rings is 2. The Morgan fingerprint density at radius 3 is 2.42 bits per heavy atom. The van der Waals surface area contributed by atoms with E-state index >= 15 is 0 Å². The molecule has 4 heteroatoms. The molecule has 0 aliphatic carbocycles. The zero-order chi connectivity index (χ0) is 16.5. The lowest BCUT2D eigenvalue weighted by molar-refractivity contribution is 0.312. The van der Waals surface area contributed by atoms with Crippen LogP contribution >= 0.6 is 0 Å². The van der Waals surface area contributed by atoms with Gasteiger partial charge in [0.2, 0.25) is 0 Å². The number of aromatic nitrogens is 1. The molecule has 0 atom stereocenters. The van der Waals surface area contributed by atoms with Gasteiger partial charge in [-0.3, -0.25) is 0 Å². The van der Waals surface area contributed by atoms with E-state index in [2.05, 4.69) is 29.0 Å². The summed E-state index contributed by atoms with van der Waals surface area (Å²) in [6, 6.07) is 17.1. The van der Waals surface area contributed by atoms with Crippen LogP contribution in [0, 0.1) is 5.82 Å². The van der Waals surface area contributed by atoms with Crippen molar-refractivity contribution < 1.29 is 4.39 Å². The second-order valence-corrected chi connectivity index (χ2v) is 6.32. The normalized spacial score (nSPS) is 15.8. The van der Waals surface area contributed by atoms with Gasteiger partial charge in [-0.15, -0.1) is 0 Å². The topological polar surface area (TPSA) is 19.4 Å². The van der Waals surface area contributed by atoms with Gasteiger partial charge in [0.25, 0.3) is 0 Å². The first-order chi connectivity index (χ1) is 11.7.